The third-order valence-electron chi connectivity index (χ3n) is 3.35. The molecule has 0 aromatic heterocycles. The first kappa shape index (κ1) is 16.7. The van der Waals surface area contributed by atoms with Gasteiger partial charge >= 0.3 is 0 Å². The van der Waals surface area contributed by atoms with Crippen LogP contribution in [0.3, 0.4) is 0 Å². The second kappa shape index (κ2) is 8.08. The van der Waals surface area contributed by atoms with Crippen LogP contribution in [0.5, 0.6) is 17.2 Å². The van der Waals surface area contributed by atoms with Gasteiger partial charge in [0.05, 0.1) is 19.9 Å². The molecule has 0 spiro atoms. The van der Waals surface area contributed by atoms with E-state index in [0.29, 0.717) is 29.4 Å². The second-order valence-electron chi connectivity index (χ2n) is 4.88. The molecule has 1 amide bonds. The number of rotatable bonds is 7. The van der Waals surface area contributed by atoms with Crippen LogP contribution < -0.4 is 19.5 Å². The number of carbonyl (C=O) groups excluding carboxylic acids is 1. The van der Waals surface area contributed by atoms with Gasteiger partial charge in [-0.2, -0.15) is 0 Å². The first-order valence-corrected chi connectivity index (χ1v) is 7.42. The normalized spacial score (nSPS) is 11.4. The van der Waals surface area contributed by atoms with Gasteiger partial charge in [0.25, 0.3) is 5.91 Å². The predicted molar refractivity (Wildman–Crippen MR) is 89.3 cm³/mol. The number of ether oxygens (including phenoxy) is 3. The molecule has 0 aliphatic heterocycles. The molecule has 0 saturated heterocycles. The van der Waals surface area contributed by atoms with Gasteiger partial charge in [-0.15, -0.1) is 0 Å². The molecule has 2 aromatic rings. The molecule has 1 atom stereocenters. The zero-order valence-corrected chi connectivity index (χ0v) is 13.5. The standard InChI is InChI=1S/C18H21NO4/c1-4-16(23-13-8-6-5-7-9-13)18(20)19-15-11-10-14(21-2)12-17(15)22-3/h5-12,16H,4H2,1-3H3,(H,19,20). The van der Waals surface area contributed by atoms with Crippen LogP contribution >= 0.6 is 0 Å². The van der Waals surface area contributed by atoms with Crippen LogP contribution in [-0.2, 0) is 4.79 Å². The average Bonchev–Trinajstić information content (AvgIpc) is 2.60. The highest BCUT2D eigenvalue weighted by atomic mass is 16.5. The summed E-state index contributed by atoms with van der Waals surface area (Å²) in [6.07, 6.45) is -0.0247. The Labute approximate surface area is 136 Å². The number of para-hydroxylation sites is 1. The number of methoxy groups -OCH3 is 2. The van der Waals surface area contributed by atoms with Gasteiger partial charge in [-0.05, 0) is 30.7 Å². The maximum Gasteiger partial charge on any atom is 0.265 e. The molecule has 0 aliphatic rings. The summed E-state index contributed by atoms with van der Waals surface area (Å²) in [6, 6.07) is 14.5. The topological polar surface area (TPSA) is 56.8 Å². The summed E-state index contributed by atoms with van der Waals surface area (Å²) in [5, 5.41) is 2.84. The molecule has 23 heavy (non-hydrogen) atoms. The van der Waals surface area contributed by atoms with Gasteiger partial charge in [-0.1, -0.05) is 25.1 Å². The summed E-state index contributed by atoms with van der Waals surface area (Å²) in [5.74, 6) is 1.63. The summed E-state index contributed by atoms with van der Waals surface area (Å²) < 4.78 is 16.2. The van der Waals surface area contributed by atoms with E-state index in [2.05, 4.69) is 5.32 Å². The largest absolute Gasteiger partial charge is 0.497 e. The summed E-state index contributed by atoms with van der Waals surface area (Å²) in [4.78, 5) is 12.4. The lowest BCUT2D eigenvalue weighted by atomic mass is 10.2. The van der Waals surface area contributed by atoms with Crippen LogP contribution in [0.25, 0.3) is 0 Å². The van der Waals surface area contributed by atoms with E-state index in [4.69, 9.17) is 14.2 Å². The summed E-state index contributed by atoms with van der Waals surface area (Å²) in [7, 11) is 3.12. The first-order valence-electron chi connectivity index (χ1n) is 7.42. The van der Waals surface area contributed by atoms with E-state index in [-0.39, 0.29) is 5.91 Å². The molecule has 0 fully saturated rings. The summed E-state index contributed by atoms with van der Waals surface area (Å²) in [6.45, 7) is 1.90. The molecule has 0 bridgehead atoms. The van der Waals surface area contributed by atoms with Crippen LogP contribution in [0.1, 0.15) is 13.3 Å². The number of hydrogen-bond acceptors (Lipinski definition) is 4. The van der Waals surface area contributed by atoms with Crippen LogP contribution in [0.15, 0.2) is 48.5 Å². The zero-order chi connectivity index (χ0) is 16.7. The van der Waals surface area contributed by atoms with E-state index in [1.807, 2.05) is 37.3 Å². The number of hydrogen-bond donors (Lipinski definition) is 1. The summed E-state index contributed by atoms with van der Waals surface area (Å²) >= 11 is 0. The third kappa shape index (κ3) is 4.39. The van der Waals surface area contributed by atoms with Crippen molar-refractivity contribution in [1.82, 2.24) is 0 Å². The molecule has 5 heteroatoms. The molecular weight excluding hydrogens is 294 g/mol. The average molecular weight is 315 g/mol. The lowest BCUT2D eigenvalue weighted by Crippen LogP contribution is -2.32. The minimum Gasteiger partial charge on any atom is -0.497 e. The van der Waals surface area contributed by atoms with Crippen LogP contribution in [0.2, 0.25) is 0 Å². The van der Waals surface area contributed by atoms with Crippen LogP contribution in [0, 0.1) is 0 Å². The van der Waals surface area contributed by atoms with Crippen molar-refractivity contribution in [3.63, 3.8) is 0 Å². The molecule has 0 aliphatic carbocycles. The molecule has 0 saturated carbocycles. The molecule has 0 radical (unpaired) electrons. The molecule has 0 heterocycles. The highest BCUT2D eigenvalue weighted by Gasteiger charge is 2.20. The third-order valence-corrected chi connectivity index (χ3v) is 3.35. The van der Waals surface area contributed by atoms with Gasteiger partial charge in [-0.25, -0.2) is 0 Å². The molecule has 5 nitrogen and oxygen atoms in total. The first-order chi connectivity index (χ1) is 11.2. The van der Waals surface area contributed by atoms with Gasteiger partial charge in [0.2, 0.25) is 0 Å². The quantitative estimate of drug-likeness (QED) is 0.849. The van der Waals surface area contributed by atoms with Crippen LogP contribution in [-0.4, -0.2) is 26.2 Å². The fraction of sp³-hybridized carbons (Fsp3) is 0.278. The van der Waals surface area contributed by atoms with E-state index >= 15 is 0 Å². The fourth-order valence-electron chi connectivity index (χ4n) is 2.10. The second-order valence-corrected chi connectivity index (χ2v) is 4.88. The van der Waals surface area contributed by atoms with Crippen molar-refractivity contribution in [2.75, 3.05) is 19.5 Å². The number of anilines is 1. The van der Waals surface area contributed by atoms with Crippen molar-refractivity contribution in [3.05, 3.63) is 48.5 Å². The Morgan fingerprint density at radius 2 is 1.78 bits per heavy atom. The Morgan fingerprint density at radius 3 is 2.39 bits per heavy atom. The Morgan fingerprint density at radius 1 is 1.04 bits per heavy atom. The molecule has 1 unspecified atom stereocenters. The molecule has 1 N–H and O–H groups in total. The minimum atomic E-state index is -0.579. The predicted octanol–water partition coefficient (Wildman–Crippen LogP) is 3.50. The van der Waals surface area contributed by atoms with Crippen molar-refractivity contribution < 1.29 is 19.0 Å². The molecule has 2 aromatic carbocycles. The van der Waals surface area contributed by atoms with Gasteiger partial charge < -0.3 is 19.5 Å². The highest BCUT2D eigenvalue weighted by Crippen LogP contribution is 2.29. The zero-order valence-electron chi connectivity index (χ0n) is 13.5. The number of amides is 1. The van der Waals surface area contributed by atoms with E-state index in [9.17, 15) is 4.79 Å². The van der Waals surface area contributed by atoms with Gasteiger partial charge in [0.15, 0.2) is 6.10 Å². The van der Waals surface area contributed by atoms with Crippen molar-refractivity contribution >= 4 is 11.6 Å². The fourth-order valence-corrected chi connectivity index (χ4v) is 2.10. The Hall–Kier alpha value is -2.69. The number of nitrogens with one attached hydrogen (secondary N) is 1. The minimum absolute atomic E-state index is 0.222. The smallest absolute Gasteiger partial charge is 0.265 e. The molecule has 122 valence electrons. The van der Waals surface area contributed by atoms with Crippen molar-refractivity contribution in [2.45, 2.75) is 19.4 Å². The summed E-state index contributed by atoms with van der Waals surface area (Å²) in [5.41, 5.74) is 0.577. The van der Waals surface area contributed by atoms with Gasteiger partial charge in [0, 0.05) is 6.07 Å². The monoisotopic (exact) mass is 315 g/mol. The SMILES string of the molecule is CCC(Oc1ccccc1)C(=O)Nc1ccc(OC)cc1OC. The van der Waals surface area contributed by atoms with E-state index in [1.54, 1.807) is 32.4 Å². The number of carbonyl (C=O) groups is 1. The lowest BCUT2D eigenvalue weighted by Gasteiger charge is -2.18. The van der Waals surface area contributed by atoms with E-state index in [0.717, 1.165) is 0 Å². The lowest BCUT2D eigenvalue weighted by molar-refractivity contribution is -0.122. The molecular formula is C18H21NO4. The van der Waals surface area contributed by atoms with Gasteiger partial charge in [0.1, 0.15) is 17.2 Å². The molecule has 2 rings (SSSR count). The Balaban J connectivity index is 2.10. The van der Waals surface area contributed by atoms with Gasteiger partial charge in [-0.3, -0.25) is 4.79 Å². The van der Waals surface area contributed by atoms with E-state index in [1.165, 1.54) is 0 Å². The Kier molecular flexibility index (Phi) is 5.86. The van der Waals surface area contributed by atoms with E-state index < -0.39 is 6.10 Å². The maximum absolute atomic E-state index is 12.4. The van der Waals surface area contributed by atoms with Crippen molar-refractivity contribution in [1.29, 1.82) is 0 Å². The Bertz CT molecular complexity index is 643. The van der Waals surface area contributed by atoms with Crippen LogP contribution in [0.4, 0.5) is 5.69 Å². The number of benzene rings is 2. The maximum atomic E-state index is 12.4. The van der Waals surface area contributed by atoms with Crippen molar-refractivity contribution in [2.24, 2.45) is 0 Å². The highest BCUT2D eigenvalue weighted by molar-refractivity contribution is 5.95. The van der Waals surface area contributed by atoms with Crippen molar-refractivity contribution in [3.8, 4) is 17.2 Å².